The first kappa shape index (κ1) is 8.75. The highest BCUT2D eigenvalue weighted by molar-refractivity contribution is 7.91. The van der Waals surface area contributed by atoms with E-state index in [0.29, 0.717) is 6.42 Å². The van der Waals surface area contributed by atoms with Gasteiger partial charge in [-0.05, 0) is 17.5 Å². The zero-order valence-corrected chi connectivity index (χ0v) is 8.34. The van der Waals surface area contributed by atoms with Gasteiger partial charge in [0.15, 0.2) is 9.84 Å². The molecule has 2 nitrogen and oxygen atoms in total. The summed E-state index contributed by atoms with van der Waals surface area (Å²) in [5.41, 5.74) is 1.99. The third kappa shape index (κ3) is 1.27. The minimum Gasteiger partial charge on any atom is -0.228 e. The first-order chi connectivity index (χ1) is 6.15. The van der Waals surface area contributed by atoms with E-state index in [1.807, 2.05) is 31.2 Å². The van der Waals surface area contributed by atoms with Crippen molar-refractivity contribution in [1.82, 2.24) is 0 Å². The van der Waals surface area contributed by atoms with Crippen LogP contribution in [0.4, 0.5) is 0 Å². The standard InChI is InChI=1S/C10H12O2S/c1-2-10-9-6-4-3-5-8(9)7-13(10,11)12/h3-6,10H,2,7H2,1H3. The molecule has 0 aromatic heterocycles. The minimum absolute atomic E-state index is 0.224. The predicted molar refractivity (Wildman–Crippen MR) is 52.1 cm³/mol. The SMILES string of the molecule is CCC1c2ccccc2CS1(=O)=O. The fourth-order valence-corrected chi connectivity index (χ4v) is 3.99. The van der Waals surface area contributed by atoms with Crippen molar-refractivity contribution in [2.24, 2.45) is 0 Å². The third-order valence-electron chi connectivity index (χ3n) is 2.56. The molecule has 13 heavy (non-hydrogen) atoms. The van der Waals surface area contributed by atoms with Gasteiger partial charge in [0.1, 0.15) is 0 Å². The summed E-state index contributed by atoms with van der Waals surface area (Å²) in [5.74, 6) is 0.224. The average molecular weight is 196 g/mol. The largest absolute Gasteiger partial charge is 0.228 e. The third-order valence-corrected chi connectivity index (χ3v) is 4.73. The van der Waals surface area contributed by atoms with Gasteiger partial charge in [0.2, 0.25) is 0 Å². The molecular formula is C10H12O2S. The lowest BCUT2D eigenvalue weighted by molar-refractivity contribution is 0.584. The molecule has 0 bridgehead atoms. The van der Waals surface area contributed by atoms with Crippen LogP contribution in [0.5, 0.6) is 0 Å². The Labute approximate surface area is 78.5 Å². The van der Waals surface area contributed by atoms with Crippen LogP contribution in [0.2, 0.25) is 0 Å². The van der Waals surface area contributed by atoms with Crippen molar-refractivity contribution >= 4 is 9.84 Å². The molecule has 1 atom stereocenters. The van der Waals surface area contributed by atoms with E-state index in [1.165, 1.54) is 0 Å². The molecule has 0 amide bonds. The molecule has 1 aromatic rings. The molecule has 1 aromatic carbocycles. The van der Waals surface area contributed by atoms with Crippen LogP contribution in [0.3, 0.4) is 0 Å². The molecule has 0 saturated carbocycles. The summed E-state index contributed by atoms with van der Waals surface area (Å²) in [6, 6.07) is 7.63. The molecule has 0 radical (unpaired) electrons. The molecule has 1 unspecified atom stereocenters. The summed E-state index contributed by atoms with van der Waals surface area (Å²) in [5, 5.41) is -0.260. The smallest absolute Gasteiger partial charge is 0.161 e. The van der Waals surface area contributed by atoms with Crippen LogP contribution in [0.1, 0.15) is 29.7 Å². The normalized spacial score (nSPS) is 24.2. The molecule has 0 fully saturated rings. The van der Waals surface area contributed by atoms with Crippen molar-refractivity contribution in [2.45, 2.75) is 24.3 Å². The highest BCUT2D eigenvalue weighted by Crippen LogP contribution is 2.37. The number of rotatable bonds is 1. The molecule has 2 rings (SSSR count). The fourth-order valence-electron chi connectivity index (χ4n) is 1.96. The number of fused-ring (bicyclic) bond motifs is 1. The van der Waals surface area contributed by atoms with Crippen LogP contribution in [0, 0.1) is 0 Å². The molecule has 3 heteroatoms. The van der Waals surface area contributed by atoms with Gasteiger partial charge in [-0.1, -0.05) is 31.2 Å². The molecule has 0 aliphatic carbocycles. The van der Waals surface area contributed by atoms with E-state index >= 15 is 0 Å². The van der Waals surface area contributed by atoms with E-state index in [4.69, 9.17) is 0 Å². The minimum atomic E-state index is -2.90. The number of sulfone groups is 1. The Bertz CT molecular complexity index is 420. The highest BCUT2D eigenvalue weighted by atomic mass is 32.2. The van der Waals surface area contributed by atoms with E-state index in [0.717, 1.165) is 11.1 Å². The van der Waals surface area contributed by atoms with Crippen molar-refractivity contribution in [1.29, 1.82) is 0 Å². The molecule has 0 saturated heterocycles. The van der Waals surface area contributed by atoms with Crippen LogP contribution in [-0.2, 0) is 15.6 Å². The number of benzene rings is 1. The van der Waals surface area contributed by atoms with Crippen LogP contribution in [-0.4, -0.2) is 8.42 Å². The summed E-state index contributed by atoms with van der Waals surface area (Å²) in [6.45, 7) is 1.92. The van der Waals surface area contributed by atoms with Gasteiger partial charge in [-0.2, -0.15) is 0 Å². The maximum Gasteiger partial charge on any atom is 0.161 e. The van der Waals surface area contributed by atoms with Gasteiger partial charge in [0, 0.05) is 0 Å². The maximum atomic E-state index is 11.6. The Balaban J connectivity index is 2.59. The quantitative estimate of drug-likeness (QED) is 0.689. The Morgan fingerprint density at radius 1 is 1.38 bits per heavy atom. The predicted octanol–water partition coefficient (Wildman–Crippen LogP) is 2.07. The maximum absolute atomic E-state index is 11.6. The zero-order chi connectivity index (χ0) is 9.47. The lowest BCUT2D eigenvalue weighted by Gasteiger charge is -2.06. The van der Waals surface area contributed by atoms with Crippen LogP contribution >= 0.6 is 0 Å². The first-order valence-electron chi connectivity index (χ1n) is 4.44. The second-order valence-corrected chi connectivity index (χ2v) is 5.59. The number of hydrogen-bond acceptors (Lipinski definition) is 2. The van der Waals surface area contributed by atoms with E-state index < -0.39 is 9.84 Å². The van der Waals surface area contributed by atoms with E-state index in [-0.39, 0.29) is 11.0 Å². The molecule has 1 heterocycles. The van der Waals surface area contributed by atoms with Crippen molar-refractivity contribution in [2.75, 3.05) is 0 Å². The van der Waals surface area contributed by atoms with Crippen LogP contribution < -0.4 is 0 Å². The second-order valence-electron chi connectivity index (χ2n) is 3.40. The van der Waals surface area contributed by atoms with Gasteiger partial charge in [-0.3, -0.25) is 0 Å². The van der Waals surface area contributed by atoms with Gasteiger partial charge in [-0.15, -0.1) is 0 Å². The van der Waals surface area contributed by atoms with Crippen LogP contribution in [0.25, 0.3) is 0 Å². The Morgan fingerprint density at radius 2 is 2.08 bits per heavy atom. The highest BCUT2D eigenvalue weighted by Gasteiger charge is 2.34. The van der Waals surface area contributed by atoms with Crippen LogP contribution in [0.15, 0.2) is 24.3 Å². The van der Waals surface area contributed by atoms with Crippen molar-refractivity contribution < 1.29 is 8.42 Å². The monoisotopic (exact) mass is 196 g/mol. The average Bonchev–Trinajstić information content (AvgIpc) is 2.33. The van der Waals surface area contributed by atoms with Gasteiger partial charge in [-0.25, -0.2) is 8.42 Å². The molecule has 1 aliphatic heterocycles. The first-order valence-corrected chi connectivity index (χ1v) is 6.16. The lowest BCUT2D eigenvalue weighted by atomic mass is 10.1. The second kappa shape index (κ2) is 2.84. The molecule has 1 aliphatic rings. The molecular weight excluding hydrogens is 184 g/mol. The lowest BCUT2D eigenvalue weighted by Crippen LogP contribution is -2.05. The van der Waals surface area contributed by atoms with Gasteiger partial charge in [0.05, 0.1) is 11.0 Å². The van der Waals surface area contributed by atoms with Gasteiger partial charge in [0.25, 0.3) is 0 Å². The van der Waals surface area contributed by atoms with E-state index in [9.17, 15) is 8.42 Å². The molecule has 70 valence electrons. The van der Waals surface area contributed by atoms with E-state index in [1.54, 1.807) is 0 Å². The molecule has 0 N–H and O–H groups in total. The Hall–Kier alpha value is -0.830. The van der Waals surface area contributed by atoms with E-state index in [2.05, 4.69) is 0 Å². The zero-order valence-electron chi connectivity index (χ0n) is 7.53. The Morgan fingerprint density at radius 3 is 2.77 bits per heavy atom. The van der Waals surface area contributed by atoms with Gasteiger partial charge >= 0.3 is 0 Å². The summed E-state index contributed by atoms with van der Waals surface area (Å²) < 4.78 is 23.3. The van der Waals surface area contributed by atoms with Gasteiger partial charge < -0.3 is 0 Å². The topological polar surface area (TPSA) is 34.1 Å². The summed E-state index contributed by atoms with van der Waals surface area (Å²) >= 11 is 0. The van der Waals surface area contributed by atoms with Crippen molar-refractivity contribution in [3.63, 3.8) is 0 Å². The summed E-state index contributed by atoms with van der Waals surface area (Å²) in [7, 11) is -2.90. The fraction of sp³-hybridized carbons (Fsp3) is 0.400. The molecule has 0 spiro atoms. The Kier molecular flexibility index (Phi) is 1.91. The number of hydrogen-bond donors (Lipinski definition) is 0. The van der Waals surface area contributed by atoms with Crippen molar-refractivity contribution in [3.8, 4) is 0 Å². The summed E-state index contributed by atoms with van der Waals surface area (Å²) in [6.07, 6.45) is 0.680. The summed E-state index contributed by atoms with van der Waals surface area (Å²) in [4.78, 5) is 0. The van der Waals surface area contributed by atoms with Crippen molar-refractivity contribution in [3.05, 3.63) is 35.4 Å².